The van der Waals surface area contributed by atoms with Crippen molar-refractivity contribution in [3.8, 4) is 5.75 Å². The van der Waals surface area contributed by atoms with Gasteiger partial charge in [0, 0.05) is 18.6 Å². The number of hydrogen-bond donors (Lipinski definition) is 2. The van der Waals surface area contributed by atoms with Crippen LogP contribution in [0.15, 0.2) is 29.8 Å². The smallest absolute Gasteiger partial charge is 0.198 e. The predicted octanol–water partition coefficient (Wildman–Crippen LogP) is 7.87. The number of amidine groups is 1. The van der Waals surface area contributed by atoms with E-state index in [1.807, 2.05) is 6.08 Å². The van der Waals surface area contributed by atoms with E-state index in [9.17, 15) is 10.2 Å². The molecule has 2 N–H and O–H groups in total. The van der Waals surface area contributed by atoms with Crippen LogP contribution in [0.3, 0.4) is 0 Å². The molecule has 0 spiro atoms. The minimum atomic E-state index is -0.718. The minimum absolute atomic E-state index is 0.0588. The maximum absolute atomic E-state index is 10.8. The molecule has 210 valence electrons. The first-order valence-electron chi connectivity index (χ1n) is 14.0. The molecule has 0 amide bonds. The van der Waals surface area contributed by atoms with Crippen molar-refractivity contribution in [1.82, 2.24) is 0 Å². The van der Waals surface area contributed by atoms with Gasteiger partial charge in [0.2, 0.25) is 0 Å². The van der Waals surface area contributed by atoms with E-state index >= 15 is 0 Å². The Balaban J connectivity index is 1.67. The number of nitrogens with zero attached hydrogens (tertiary/aromatic N) is 2. The number of quaternary nitrogens is 1. The van der Waals surface area contributed by atoms with Crippen LogP contribution in [0.2, 0.25) is 15.1 Å². The molecule has 2 rings (SSSR count). The summed E-state index contributed by atoms with van der Waals surface area (Å²) in [5.41, 5.74) is 0. The van der Waals surface area contributed by atoms with E-state index < -0.39 is 6.10 Å². The lowest BCUT2D eigenvalue weighted by Gasteiger charge is -2.36. The summed E-state index contributed by atoms with van der Waals surface area (Å²) in [4.78, 5) is 4.78. The van der Waals surface area contributed by atoms with Gasteiger partial charge in [-0.05, 0) is 19.3 Å². The van der Waals surface area contributed by atoms with Crippen molar-refractivity contribution in [3.63, 3.8) is 0 Å². The molecule has 37 heavy (non-hydrogen) atoms. The highest BCUT2D eigenvalue weighted by molar-refractivity contribution is 6.48. The van der Waals surface area contributed by atoms with Gasteiger partial charge in [-0.2, -0.15) is 0 Å². The Morgan fingerprint density at radius 3 is 2.08 bits per heavy atom. The molecule has 1 heterocycles. The summed E-state index contributed by atoms with van der Waals surface area (Å²) in [5, 5.41) is 21.5. The fourth-order valence-electron chi connectivity index (χ4n) is 5.11. The van der Waals surface area contributed by atoms with Crippen LogP contribution in [-0.4, -0.2) is 66.0 Å². The maximum atomic E-state index is 10.8. The summed E-state index contributed by atoms with van der Waals surface area (Å²) < 4.78 is 6.28. The number of halogens is 3. The Hall–Kier alpha value is -0.820. The van der Waals surface area contributed by atoms with Gasteiger partial charge in [0.05, 0.1) is 28.2 Å². The number of allylic oxidation sites excluding steroid dienone is 1. The fourth-order valence-corrected chi connectivity index (χ4v) is 5.69. The van der Waals surface area contributed by atoms with Crippen molar-refractivity contribution >= 4 is 40.6 Å². The average Bonchev–Trinajstić information content (AvgIpc) is 3.25. The normalized spacial score (nSPS) is 18.1. The van der Waals surface area contributed by atoms with Crippen molar-refractivity contribution < 1.29 is 19.4 Å². The van der Waals surface area contributed by atoms with E-state index in [0.717, 1.165) is 38.2 Å². The number of aliphatic hydroxyl groups is 2. The number of unbranched alkanes of at least 4 members (excludes halogenated alkanes) is 11. The molecular weight excluding hydrogens is 531 g/mol. The van der Waals surface area contributed by atoms with Crippen LogP contribution in [0.1, 0.15) is 83.5 Å². The highest BCUT2D eigenvalue weighted by Crippen LogP contribution is 2.34. The number of hydrogen-bond acceptors (Lipinski definition) is 4. The number of aliphatic imine (C=N–C) groups is 1. The molecule has 2 atom stereocenters. The summed E-state index contributed by atoms with van der Waals surface area (Å²) >= 11 is 18.1. The van der Waals surface area contributed by atoms with Crippen molar-refractivity contribution in [2.45, 2.75) is 89.6 Å². The van der Waals surface area contributed by atoms with Crippen LogP contribution in [-0.2, 0) is 0 Å². The first-order valence-corrected chi connectivity index (χ1v) is 15.1. The molecule has 1 aliphatic heterocycles. The second-order valence-corrected chi connectivity index (χ2v) is 11.4. The highest BCUT2D eigenvalue weighted by atomic mass is 35.5. The fraction of sp³-hybridized carbons (Fsp3) is 0.690. The SMILES string of the molecule is C=CCCCCCCCCCCCCCC1=NCC[N+]1(CCO)C[C@@H](O)COc1cc(Cl)c(Cl)c(Cl)c1. The van der Waals surface area contributed by atoms with E-state index in [0.29, 0.717) is 33.4 Å². The van der Waals surface area contributed by atoms with Crippen LogP contribution in [0.25, 0.3) is 0 Å². The molecular formula is C29H46Cl3N2O3+. The quantitative estimate of drug-likeness (QED) is 0.0677. The van der Waals surface area contributed by atoms with Crippen LogP contribution in [0.4, 0.5) is 0 Å². The van der Waals surface area contributed by atoms with Crippen molar-refractivity contribution in [2.24, 2.45) is 4.99 Å². The molecule has 0 saturated carbocycles. The molecule has 0 bridgehead atoms. The van der Waals surface area contributed by atoms with Crippen LogP contribution >= 0.6 is 34.8 Å². The number of rotatable bonds is 21. The molecule has 0 fully saturated rings. The maximum Gasteiger partial charge on any atom is 0.198 e. The van der Waals surface area contributed by atoms with Gasteiger partial charge in [-0.25, -0.2) is 4.99 Å². The monoisotopic (exact) mass is 575 g/mol. The second kappa shape index (κ2) is 18.5. The zero-order chi connectivity index (χ0) is 26.9. The second-order valence-electron chi connectivity index (χ2n) is 10.2. The lowest BCUT2D eigenvalue weighted by molar-refractivity contribution is -0.840. The third-order valence-electron chi connectivity index (χ3n) is 7.17. The Bertz CT molecular complexity index is 814. The molecule has 1 aromatic carbocycles. The summed E-state index contributed by atoms with van der Waals surface area (Å²) in [6.07, 6.45) is 17.6. The Labute approximate surface area is 239 Å². The molecule has 0 saturated heterocycles. The predicted molar refractivity (Wildman–Crippen MR) is 157 cm³/mol. The van der Waals surface area contributed by atoms with Gasteiger partial charge < -0.3 is 14.9 Å². The van der Waals surface area contributed by atoms with Gasteiger partial charge in [-0.3, -0.25) is 4.48 Å². The van der Waals surface area contributed by atoms with Crippen molar-refractivity contribution in [3.05, 3.63) is 39.9 Å². The zero-order valence-corrected chi connectivity index (χ0v) is 24.6. The number of aliphatic hydroxyl groups excluding tert-OH is 2. The van der Waals surface area contributed by atoms with E-state index in [2.05, 4.69) is 6.58 Å². The topological polar surface area (TPSA) is 62.1 Å². The summed E-state index contributed by atoms with van der Waals surface area (Å²) in [7, 11) is 0. The number of ether oxygens (including phenoxy) is 1. The van der Waals surface area contributed by atoms with Gasteiger partial charge in [-0.15, -0.1) is 6.58 Å². The molecule has 5 nitrogen and oxygen atoms in total. The molecule has 8 heteroatoms. The largest absolute Gasteiger partial charge is 0.491 e. The molecule has 0 aromatic heterocycles. The Morgan fingerprint density at radius 1 is 0.946 bits per heavy atom. The van der Waals surface area contributed by atoms with Gasteiger partial charge in [-0.1, -0.05) is 98.7 Å². The van der Waals surface area contributed by atoms with Crippen LogP contribution < -0.4 is 4.74 Å². The lowest BCUT2D eigenvalue weighted by Crippen LogP contribution is -2.56. The van der Waals surface area contributed by atoms with E-state index in [1.165, 1.54) is 64.2 Å². The third kappa shape index (κ3) is 11.8. The average molecular weight is 577 g/mol. The Kier molecular flexibility index (Phi) is 16.2. The first kappa shape index (κ1) is 32.4. The van der Waals surface area contributed by atoms with Gasteiger partial charge in [0.1, 0.15) is 38.1 Å². The molecule has 0 aliphatic carbocycles. The minimum Gasteiger partial charge on any atom is -0.491 e. The molecule has 1 unspecified atom stereocenters. The summed E-state index contributed by atoms with van der Waals surface area (Å²) in [6.45, 7) is 6.49. The van der Waals surface area contributed by atoms with Crippen LogP contribution in [0, 0.1) is 0 Å². The van der Waals surface area contributed by atoms with E-state index in [1.54, 1.807) is 12.1 Å². The molecule has 0 radical (unpaired) electrons. The summed E-state index contributed by atoms with van der Waals surface area (Å²) in [5.74, 6) is 1.56. The third-order valence-corrected chi connectivity index (χ3v) is 8.36. The van der Waals surface area contributed by atoms with Gasteiger partial charge >= 0.3 is 0 Å². The van der Waals surface area contributed by atoms with Gasteiger partial charge in [0.25, 0.3) is 0 Å². The molecule has 1 aliphatic rings. The molecule has 1 aromatic rings. The van der Waals surface area contributed by atoms with Gasteiger partial charge in [0.15, 0.2) is 5.84 Å². The van der Waals surface area contributed by atoms with Crippen LogP contribution in [0.5, 0.6) is 5.75 Å². The van der Waals surface area contributed by atoms with Crippen molar-refractivity contribution in [2.75, 3.05) is 39.4 Å². The van der Waals surface area contributed by atoms with E-state index in [-0.39, 0.29) is 18.2 Å². The lowest BCUT2D eigenvalue weighted by atomic mass is 10.0. The zero-order valence-electron chi connectivity index (χ0n) is 22.3. The Morgan fingerprint density at radius 2 is 1.51 bits per heavy atom. The van der Waals surface area contributed by atoms with Crippen molar-refractivity contribution in [1.29, 1.82) is 0 Å². The highest BCUT2D eigenvalue weighted by Gasteiger charge is 2.39. The number of benzene rings is 1. The van der Waals surface area contributed by atoms with E-state index in [4.69, 9.17) is 44.5 Å². The summed E-state index contributed by atoms with van der Waals surface area (Å²) in [6, 6.07) is 3.18. The standard InChI is InChI=1S/C29H46Cl3N2O3/c1-2-3-4-5-6-7-8-9-10-11-12-13-14-15-28-33-16-17-34(28,18-19-35)22-24(36)23-37-25-20-26(30)29(32)27(31)21-25/h2,20-21,24,35-36H,1,3-19,22-23H2/q+1/t24-,34?/m1/s1. The first-order chi connectivity index (χ1) is 17.9.